The first-order valence-corrected chi connectivity index (χ1v) is 12.3. The molecule has 2 aliphatic rings. The zero-order chi connectivity index (χ0) is 24.1. The molecule has 2 atom stereocenters. The van der Waals surface area contributed by atoms with Crippen LogP contribution in [0, 0.1) is 5.92 Å². The molecule has 6 heteroatoms. The fraction of sp³-hybridized carbons (Fsp3) is 0.429. The highest BCUT2D eigenvalue weighted by Gasteiger charge is 2.52. The zero-order valence-electron chi connectivity index (χ0n) is 19.8. The van der Waals surface area contributed by atoms with E-state index in [2.05, 4.69) is 0 Å². The normalized spacial score (nSPS) is 22.1. The van der Waals surface area contributed by atoms with Crippen molar-refractivity contribution in [3.8, 4) is 0 Å². The number of amides is 2. The Morgan fingerprint density at radius 1 is 1.06 bits per heavy atom. The first-order valence-electron chi connectivity index (χ1n) is 12.3. The molecule has 2 heterocycles. The Bertz CT molecular complexity index is 1070. The molecule has 1 fully saturated rings. The molecule has 0 radical (unpaired) electrons. The third-order valence-corrected chi connectivity index (χ3v) is 6.94. The summed E-state index contributed by atoms with van der Waals surface area (Å²) in [7, 11) is 0. The minimum absolute atomic E-state index is 0.0220. The molecule has 2 aromatic carbocycles. The maximum absolute atomic E-state index is 13.6. The Kier molecular flexibility index (Phi) is 7.49. The quantitative estimate of drug-likeness (QED) is 0.602. The Hall–Kier alpha value is -2.96. The number of para-hydroxylation sites is 1. The molecule has 2 N–H and O–H groups in total. The zero-order valence-corrected chi connectivity index (χ0v) is 19.8. The van der Waals surface area contributed by atoms with Crippen molar-refractivity contribution in [2.24, 2.45) is 5.92 Å². The third kappa shape index (κ3) is 4.65. The van der Waals surface area contributed by atoms with Crippen molar-refractivity contribution in [1.82, 2.24) is 0 Å². The summed E-state index contributed by atoms with van der Waals surface area (Å²) in [6.45, 7) is 2.86. The molecule has 0 unspecified atom stereocenters. The number of hydrogen-bond donors (Lipinski definition) is 2. The van der Waals surface area contributed by atoms with Gasteiger partial charge in [-0.05, 0) is 43.0 Å². The lowest BCUT2D eigenvalue weighted by Gasteiger charge is -2.28. The number of nitrogens with zero attached hydrogens (tertiary/aromatic N) is 2. The number of benzene rings is 2. The van der Waals surface area contributed by atoms with Gasteiger partial charge in [0.15, 0.2) is 5.60 Å². The van der Waals surface area contributed by atoms with Crippen molar-refractivity contribution >= 4 is 23.2 Å². The Morgan fingerprint density at radius 2 is 1.85 bits per heavy atom. The number of fused-ring (bicyclic) bond motifs is 1. The van der Waals surface area contributed by atoms with E-state index in [0.717, 1.165) is 36.9 Å². The fourth-order valence-corrected chi connectivity index (χ4v) is 5.01. The number of hydrogen-bond acceptors (Lipinski definition) is 4. The van der Waals surface area contributed by atoms with E-state index < -0.39 is 11.5 Å². The van der Waals surface area contributed by atoms with Gasteiger partial charge in [-0.15, -0.1) is 0 Å². The summed E-state index contributed by atoms with van der Waals surface area (Å²) in [6.07, 6.45) is 8.78. The van der Waals surface area contributed by atoms with Crippen LogP contribution in [0.15, 0.2) is 60.7 Å². The van der Waals surface area contributed by atoms with Gasteiger partial charge in [-0.3, -0.25) is 9.59 Å². The van der Waals surface area contributed by atoms with Crippen LogP contribution >= 0.6 is 0 Å². The molecule has 0 aromatic heterocycles. The maximum atomic E-state index is 13.6. The summed E-state index contributed by atoms with van der Waals surface area (Å²) in [4.78, 5) is 29.8. The van der Waals surface area contributed by atoms with Crippen LogP contribution in [0.2, 0.25) is 0 Å². The minimum atomic E-state index is -1.67. The van der Waals surface area contributed by atoms with Crippen LogP contribution < -0.4 is 9.80 Å². The average Bonchev–Trinajstić information content (AvgIpc) is 3.05. The smallest absolute Gasteiger partial charge is 0.264 e. The predicted molar refractivity (Wildman–Crippen MR) is 133 cm³/mol. The monoisotopic (exact) mass is 462 g/mol. The van der Waals surface area contributed by atoms with E-state index in [1.807, 2.05) is 54.3 Å². The number of anilines is 2. The topological polar surface area (TPSA) is 81.1 Å². The molecule has 34 heavy (non-hydrogen) atoms. The van der Waals surface area contributed by atoms with Crippen LogP contribution in [0.3, 0.4) is 0 Å². The maximum Gasteiger partial charge on any atom is 0.264 e. The van der Waals surface area contributed by atoms with E-state index in [1.165, 1.54) is 0 Å². The van der Waals surface area contributed by atoms with Gasteiger partial charge in [-0.1, -0.05) is 62.2 Å². The largest absolute Gasteiger partial charge is 0.396 e. The minimum Gasteiger partial charge on any atom is -0.396 e. The van der Waals surface area contributed by atoms with Gasteiger partial charge in [0.1, 0.15) is 0 Å². The first-order chi connectivity index (χ1) is 16.5. The van der Waals surface area contributed by atoms with Crippen LogP contribution in [0.25, 0.3) is 0 Å². The number of aliphatic hydroxyl groups excluding tert-OH is 1. The van der Waals surface area contributed by atoms with Crippen LogP contribution in [0.5, 0.6) is 0 Å². The molecule has 2 amide bonds. The van der Waals surface area contributed by atoms with Gasteiger partial charge in [0.25, 0.3) is 5.91 Å². The SMILES string of the molecule is C[C@H](/C=C/CCO)[C@@]1(O)C(=O)N(Cc2cccc(N3CCCCCCC3=O)c2)c2ccccc21. The van der Waals surface area contributed by atoms with E-state index in [0.29, 0.717) is 37.2 Å². The molecule has 2 aromatic rings. The van der Waals surface area contributed by atoms with Crippen molar-refractivity contribution in [1.29, 1.82) is 0 Å². The van der Waals surface area contributed by atoms with Crippen LogP contribution in [-0.2, 0) is 21.7 Å². The summed E-state index contributed by atoms with van der Waals surface area (Å²) < 4.78 is 0. The second kappa shape index (κ2) is 10.5. The van der Waals surface area contributed by atoms with E-state index in [1.54, 1.807) is 23.1 Å². The molecule has 4 rings (SSSR count). The third-order valence-electron chi connectivity index (χ3n) is 6.94. The van der Waals surface area contributed by atoms with Gasteiger partial charge in [0.2, 0.25) is 5.91 Å². The van der Waals surface area contributed by atoms with Gasteiger partial charge >= 0.3 is 0 Å². The molecule has 0 saturated carbocycles. The highest BCUT2D eigenvalue weighted by Crippen LogP contribution is 2.45. The summed E-state index contributed by atoms with van der Waals surface area (Å²) in [5.41, 5.74) is 1.39. The van der Waals surface area contributed by atoms with Crippen LogP contribution in [0.4, 0.5) is 11.4 Å². The van der Waals surface area contributed by atoms with E-state index in [-0.39, 0.29) is 18.4 Å². The number of carbonyl (C=O) groups is 2. The van der Waals surface area contributed by atoms with E-state index >= 15 is 0 Å². The van der Waals surface area contributed by atoms with E-state index in [9.17, 15) is 14.7 Å². The molecule has 1 saturated heterocycles. The lowest BCUT2D eigenvalue weighted by Crippen LogP contribution is -2.44. The molecule has 0 bridgehead atoms. The van der Waals surface area contributed by atoms with Gasteiger partial charge < -0.3 is 20.0 Å². The Balaban J connectivity index is 1.61. The molecular weight excluding hydrogens is 428 g/mol. The van der Waals surface area contributed by atoms with Crippen molar-refractivity contribution in [3.63, 3.8) is 0 Å². The first kappa shape index (κ1) is 24.2. The number of rotatable bonds is 7. The predicted octanol–water partition coefficient (Wildman–Crippen LogP) is 4.29. The second-order valence-electron chi connectivity index (χ2n) is 9.28. The standard InChI is InChI=1S/C28H34N2O4/c1-21(11-7-9-18-31)28(34)24-14-5-6-15-25(24)30(27(28)33)20-22-12-10-13-23(19-22)29-17-8-3-2-4-16-26(29)32/h5-7,10-15,19,21,31,34H,2-4,8-9,16-18,20H2,1H3/b11-7+/t21-,28+/m1/s1. The molecule has 2 aliphatic heterocycles. The lowest BCUT2D eigenvalue weighted by molar-refractivity contribution is -0.139. The number of carbonyl (C=O) groups excluding carboxylic acids is 2. The Morgan fingerprint density at radius 3 is 2.68 bits per heavy atom. The van der Waals surface area contributed by atoms with Crippen molar-refractivity contribution in [3.05, 3.63) is 71.8 Å². The van der Waals surface area contributed by atoms with Crippen LogP contribution in [-0.4, -0.2) is 35.2 Å². The average molecular weight is 463 g/mol. The summed E-state index contributed by atoms with van der Waals surface area (Å²) in [6, 6.07) is 15.2. The second-order valence-corrected chi connectivity index (χ2v) is 9.28. The molecule has 0 aliphatic carbocycles. The Labute approximate surface area is 201 Å². The highest BCUT2D eigenvalue weighted by atomic mass is 16.3. The molecular formula is C28H34N2O4. The summed E-state index contributed by atoms with van der Waals surface area (Å²) in [5, 5.41) is 20.7. The van der Waals surface area contributed by atoms with Gasteiger partial charge in [0, 0.05) is 36.7 Å². The van der Waals surface area contributed by atoms with E-state index in [4.69, 9.17) is 5.11 Å². The molecule has 6 nitrogen and oxygen atoms in total. The van der Waals surface area contributed by atoms with Gasteiger partial charge in [-0.2, -0.15) is 0 Å². The summed E-state index contributed by atoms with van der Waals surface area (Å²) in [5.74, 6) is -0.664. The van der Waals surface area contributed by atoms with Gasteiger partial charge in [-0.25, -0.2) is 0 Å². The molecule has 0 spiro atoms. The molecule has 180 valence electrons. The van der Waals surface area contributed by atoms with Crippen molar-refractivity contribution in [2.75, 3.05) is 23.0 Å². The van der Waals surface area contributed by atoms with Crippen molar-refractivity contribution < 1.29 is 19.8 Å². The van der Waals surface area contributed by atoms with Crippen molar-refractivity contribution in [2.45, 2.75) is 57.6 Å². The summed E-state index contributed by atoms with van der Waals surface area (Å²) >= 11 is 0. The fourth-order valence-electron chi connectivity index (χ4n) is 5.01. The lowest BCUT2D eigenvalue weighted by atomic mass is 9.83. The highest BCUT2D eigenvalue weighted by molar-refractivity contribution is 6.07. The van der Waals surface area contributed by atoms with Gasteiger partial charge in [0.05, 0.1) is 12.2 Å². The van der Waals surface area contributed by atoms with Crippen LogP contribution in [0.1, 0.15) is 56.6 Å². The number of aliphatic hydroxyl groups is 2.